The van der Waals surface area contributed by atoms with Crippen molar-refractivity contribution in [3.05, 3.63) is 35.4 Å². The molecular weight excluding hydrogens is 260 g/mol. The van der Waals surface area contributed by atoms with E-state index in [2.05, 4.69) is 10.1 Å². The third-order valence-corrected chi connectivity index (χ3v) is 2.69. The summed E-state index contributed by atoms with van der Waals surface area (Å²) in [6.07, 6.45) is 0. The zero-order chi connectivity index (χ0) is 15.1. The molecule has 1 aromatic carbocycles. The van der Waals surface area contributed by atoms with Gasteiger partial charge in [-0.25, -0.2) is 4.79 Å². The second kappa shape index (κ2) is 7.62. The van der Waals surface area contributed by atoms with Gasteiger partial charge in [-0.05, 0) is 31.8 Å². The van der Waals surface area contributed by atoms with Crippen LogP contribution in [-0.4, -0.2) is 55.7 Å². The minimum atomic E-state index is -1.05. The highest BCUT2D eigenvalue weighted by Gasteiger charge is 2.20. The number of carbonyl (C=O) groups is 2. The van der Waals surface area contributed by atoms with Gasteiger partial charge in [-0.1, -0.05) is 12.1 Å². The van der Waals surface area contributed by atoms with E-state index >= 15 is 0 Å². The van der Waals surface area contributed by atoms with Gasteiger partial charge in [-0.2, -0.15) is 0 Å². The summed E-state index contributed by atoms with van der Waals surface area (Å²) in [4.78, 5) is 25.2. The first-order valence-corrected chi connectivity index (χ1v) is 6.21. The second-order valence-electron chi connectivity index (χ2n) is 4.67. The van der Waals surface area contributed by atoms with Crippen LogP contribution in [0.25, 0.3) is 0 Å². The Labute approximate surface area is 118 Å². The highest BCUT2D eigenvalue weighted by Crippen LogP contribution is 2.06. The van der Waals surface area contributed by atoms with Crippen LogP contribution < -0.4 is 5.32 Å². The lowest BCUT2D eigenvalue weighted by atomic mass is 10.1. The molecule has 0 aliphatic carbocycles. The number of nitrogens with one attached hydrogen (secondary N) is 1. The van der Waals surface area contributed by atoms with Gasteiger partial charge in [-0.3, -0.25) is 4.79 Å². The molecule has 0 fully saturated rings. The van der Waals surface area contributed by atoms with Crippen molar-refractivity contribution in [1.29, 1.82) is 0 Å². The lowest BCUT2D eigenvalue weighted by molar-refractivity contribution is -0.143. The molecule has 110 valence electrons. The molecule has 0 radical (unpaired) electrons. The first-order valence-electron chi connectivity index (χ1n) is 6.21. The van der Waals surface area contributed by atoms with Gasteiger partial charge < -0.3 is 20.1 Å². The smallest absolute Gasteiger partial charge is 0.330 e. The van der Waals surface area contributed by atoms with Gasteiger partial charge >= 0.3 is 5.97 Å². The van der Waals surface area contributed by atoms with E-state index in [0.29, 0.717) is 5.56 Å². The van der Waals surface area contributed by atoms with E-state index in [4.69, 9.17) is 5.11 Å². The van der Waals surface area contributed by atoms with Gasteiger partial charge in [0, 0.05) is 12.1 Å². The van der Waals surface area contributed by atoms with Gasteiger partial charge in [0.25, 0.3) is 5.91 Å². The molecule has 0 heterocycles. The summed E-state index contributed by atoms with van der Waals surface area (Å²) >= 11 is 0. The average Bonchev–Trinajstić information content (AvgIpc) is 2.43. The molecule has 20 heavy (non-hydrogen) atoms. The van der Waals surface area contributed by atoms with E-state index in [1.807, 2.05) is 31.1 Å². The number of carbonyl (C=O) groups excluding carboxylic acids is 2. The number of hydrogen-bond acceptors (Lipinski definition) is 5. The monoisotopic (exact) mass is 280 g/mol. The highest BCUT2D eigenvalue weighted by molar-refractivity contribution is 5.96. The lowest BCUT2D eigenvalue weighted by Crippen LogP contribution is -2.44. The molecule has 2 N–H and O–H groups in total. The summed E-state index contributed by atoms with van der Waals surface area (Å²) in [5.74, 6) is -1.10. The van der Waals surface area contributed by atoms with Crippen LogP contribution in [0.2, 0.25) is 0 Å². The third-order valence-electron chi connectivity index (χ3n) is 2.69. The molecule has 0 saturated carbocycles. The number of esters is 1. The zero-order valence-electron chi connectivity index (χ0n) is 11.9. The number of amides is 1. The van der Waals surface area contributed by atoms with Crippen LogP contribution in [0.5, 0.6) is 0 Å². The molecule has 0 bridgehead atoms. The van der Waals surface area contributed by atoms with Crippen molar-refractivity contribution in [3.8, 4) is 0 Å². The number of nitrogens with zero attached hydrogens (tertiary/aromatic N) is 1. The molecule has 0 aliphatic rings. The van der Waals surface area contributed by atoms with Crippen LogP contribution in [-0.2, 0) is 16.1 Å². The maximum atomic E-state index is 11.9. The molecule has 1 aromatic rings. The van der Waals surface area contributed by atoms with E-state index in [-0.39, 0.29) is 0 Å². The molecule has 1 unspecified atom stereocenters. The molecule has 6 nitrogen and oxygen atoms in total. The normalized spacial score (nSPS) is 12.1. The molecule has 6 heteroatoms. The Bertz CT molecular complexity index is 457. The number of benzene rings is 1. The van der Waals surface area contributed by atoms with Crippen LogP contribution in [0.1, 0.15) is 15.9 Å². The maximum Gasteiger partial charge on any atom is 0.330 e. The van der Waals surface area contributed by atoms with Crippen molar-refractivity contribution in [3.63, 3.8) is 0 Å². The lowest BCUT2D eigenvalue weighted by Gasteiger charge is -2.14. The molecule has 0 aromatic heterocycles. The SMILES string of the molecule is COC(=O)C(CO)NC(=O)c1ccc(CN(C)C)cc1. The highest BCUT2D eigenvalue weighted by atomic mass is 16.5. The summed E-state index contributed by atoms with van der Waals surface area (Å²) in [6.45, 7) is 0.278. The van der Waals surface area contributed by atoms with Gasteiger partial charge in [0.15, 0.2) is 6.04 Å². The number of ether oxygens (including phenoxy) is 1. The number of hydrogen-bond donors (Lipinski definition) is 2. The Morgan fingerprint density at radius 1 is 1.30 bits per heavy atom. The van der Waals surface area contributed by atoms with Crippen LogP contribution in [0.3, 0.4) is 0 Å². The summed E-state index contributed by atoms with van der Waals surface area (Å²) < 4.78 is 4.48. The Hall–Kier alpha value is -1.92. The van der Waals surface area contributed by atoms with Crippen LogP contribution in [0.15, 0.2) is 24.3 Å². The minimum absolute atomic E-state index is 0.425. The predicted octanol–water partition coefficient (Wildman–Crippen LogP) is 0.0119. The Kier molecular flexibility index (Phi) is 6.14. The maximum absolute atomic E-state index is 11.9. The van der Waals surface area contributed by atoms with Gasteiger partial charge in [0.2, 0.25) is 0 Å². The van der Waals surface area contributed by atoms with Gasteiger partial charge in [-0.15, -0.1) is 0 Å². The fourth-order valence-electron chi connectivity index (χ4n) is 1.69. The topological polar surface area (TPSA) is 78.9 Å². The van der Waals surface area contributed by atoms with E-state index in [9.17, 15) is 9.59 Å². The summed E-state index contributed by atoms with van der Waals surface area (Å²) in [7, 11) is 5.12. The molecule has 0 aliphatic heterocycles. The van der Waals surface area contributed by atoms with Gasteiger partial charge in [0.1, 0.15) is 0 Å². The number of methoxy groups -OCH3 is 1. The zero-order valence-corrected chi connectivity index (χ0v) is 11.9. The number of aliphatic hydroxyl groups is 1. The average molecular weight is 280 g/mol. The van der Waals surface area contributed by atoms with Crippen molar-refractivity contribution < 1.29 is 19.4 Å². The molecule has 1 rings (SSSR count). The molecule has 1 amide bonds. The standard InChI is InChI=1S/C14H20N2O4/c1-16(2)8-10-4-6-11(7-5-10)13(18)15-12(9-17)14(19)20-3/h4-7,12,17H,8-9H2,1-3H3,(H,15,18). The predicted molar refractivity (Wildman–Crippen MR) is 74.2 cm³/mol. The van der Waals surface area contributed by atoms with E-state index in [0.717, 1.165) is 12.1 Å². The first-order chi connectivity index (χ1) is 9.47. The summed E-state index contributed by atoms with van der Waals surface area (Å²) in [6, 6.07) is 6.01. The second-order valence-corrected chi connectivity index (χ2v) is 4.67. The number of rotatable bonds is 6. The van der Waals surface area contributed by atoms with E-state index in [1.165, 1.54) is 7.11 Å². The Morgan fingerprint density at radius 3 is 2.35 bits per heavy atom. The fourth-order valence-corrected chi connectivity index (χ4v) is 1.69. The van der Waals surface area contributed by atoms with Crippen molar-refractivity contribution >= 4 is 11.9 Å². The van der Waals surface area contributed by atoms with Crippen molar-refractivity contribution in [2.24, 2.45) is 0 Å². The first kappa shape index (κ1) is 16.1. The fraction of sp³-hybridized carbons (Fsp3) is 0.429. The minimum Gasteiger partial charge on any atom is -0.467 e. The largest absolute Gasteiger partial charge is 0.467 e. The third kappa shape index (κ3) is 4.64. The van der Waals surface area contributed by atoms with Crippen molar-refractivity contribution in [1.82, 2.24) is 10.2 Å². The van der Waals surface area contributed by atoms with Gasteiger partial charge in [0.05, 0.1) is 13.7 Å². The van der Waals surface area contributed by atoms with Crippen LogP contribution >= 0.6 is 0 Å². The quantitative estimate of drug-likeness (QED) is 0.718. The Balaban J connectivity index is 2.70. The molecule has 0 spiro atoms. The molecular formula is C14H20N2O4. The molecule has 1 atom stereocenters. The van der Waals surface area contributed by atoms with E-state index < -0.39 is 24.5 Å². The molecule has 0 saturated heterocycles. The Morgan fingerprint density at radius 2 is 1.90 bits per heavy atom. The summed E-state index contributed by atoms with van der Waals surface area (Å²) in [5, 5.41) is 11.5. The van der Waals surface area contributed by atoms with Crippen molar-refractivity contribution in [2.45, 2.75) is 12.6 Å². The summed E-state index contributed by atoms with van der Waals surface area (Å²) in [5.41, 5.74) is 1.51. The number of aliphatic hydroxyl groups excluding tert-OH is 1. The van der Waals surface area contributed by atoms with E-state index in [1.54, 1.807) is 12.1 Å². The van der Waals surface area contributed by atoms with Crippen LogP contribution in [0.4, 0.5) is 0 Å². The van der Waals surface area contributed by atoms with Crippen LogP contribution in [0, 0.1) is 0 Å². The van der Waals surface area contributed by atoms with Crippen molar-refractivity contribution in [2.75, 3.05) is 27.8 Å².